The molecule has 7 nitrogen and oxygen atoms in total. The molecule has 118 valence electrons. The summed E-state index contributed by atoms with van der Waals surface area (Å²) in [5.41, 5.74) is 1.30. The molecule has 1 heterocycles. The van der Waals surface area contributed by atoms with E-state index in [1.165, 1.54) is 13.2 Å². The van der Waals surface area contributed by atoms with Crippen LogP contribution in [-0.4, -0.2) is 25.4 Å². The maximum Gasteiger partial charge on any atom is 0.325 e. The molecule has 0 saturated heterocycles. The van der Waals surface area contributed by atoms with E-state index in [-0.39, 0.29) is 11.6 Å². The molecule has 0 aliphatic heterocycles. The van der Waals surface area contributed by atoms with Gasteiger partial charge in [-0.1, -0.05) is 5.16 Å². The molecule has 2 aromatic rings. The number of halogens is 1. The van der Waals surface area contributed by atoms with E-state index in [1.54, 1.807) is 19.2 Å². The molecule has 2 N–H and O–H groups in total. The average molecular weight is 309 g/mol. The minimum atomic E-state index is -0.790. The van der Waals surface area contributed by atoms with Gasteiger partial charge >= 0.3 is 6.03 Å². The summed E-state index contributed by atoms with van der Waals surface area (Å²) in [4.78, 5) is 11.9. The summed E-state index contributed by atoms with van der Waals surface area (Å²) in [5, 5.41) is 8.58. The van der Waals surface area contributed by atoms with E-state index in [9.17, 15) is 9.18 Å². The molecule has 0 radical (unpaired) electrons. The smallest absolute Gasteiger partial charge is 0.325 e. The summed E-state index contributed by atoms with van der Waals surface area (Å²) in [6, 6.07) is 4.13. The van der Waals surface area contributed by atoms with Crippen molar-refractivity contribution < 1.29 is 23.2 Å². The minimum Gasteiger partial charge on any atom is -0.496 e. The van der Waals surface area contributed by atoms with Crippen molar-refractivity contribution in [1.29, 1.82) is 0 Å². The Kier molecular flexibility index (Phi) is 4.82. The third-order valence-electron chi connectivity index (χ3n) is 2.90. The van der Waals surface area contributed by atoms with Gasteiger partial charge in [0, 0.05) is 12.1 Å². The number of aromatic nitrogens is 1. The lowest BCUT2D eigenvalue weighted by Crippen LogP contribution is -2.20. The largest absolute Gasteiger partial charge is 0.496 e. The van der Waals surface area contributed by atoms with Crippen molar-refractivity contribution in [3.05, 3.63) is 29.5 Å². The van der Waals surface area contributed by atoms with Gasteiger partial charge in [-0.15, -0.1) is 0 Å². The van der Waals surface area contributed by atoms with Crippen LogP contribution in [0.5, 0.6) is 11.5 Å². The number of ether oxygens (including phenoxy) is 2. The van der Waals surface area contributed by atoms with Gasteiger partial charge in [-0.05, 0) is 18.6 Å². The van der Waals surface area contributed by atoms with Crippen LogP contribution >= 0.6 is 0 Å². The first-order chi connectivity index (χ1) is 10.6. The number of urea groups is 1. The zero-order chi connectivity index (χ0) is 16.1. The molecule has 0 atom stereocenters. The van der Waals surface area contributed by atoms with Gasteiger partial charge in [0.2, 0.25) is 0 Å². The molecule has 22 heavy (non-hydrogen) atoms. The Labute approximate surface area is 126 Å². The van der Waals surface area contributed by atoms with Crippen LogP contribution in [0.2, 0.25) is 0 Å². The fourth-order valence-electron chi connectivity index (χ4n) is 1.86. The maximum atomic E-state index is 12.3. The highest BCUT2D eigenvalue weighted by Gasteiger charge is 2.13. The maximum absolute atomic E-state index is 12.3. The predicted molar refractivity (Wildman–Crippen MR) is 78.2 cm³/mol. The number of nitrogens with zero attached hydrogens (tertiary/aromatic N) is 1. The van der Waals surface area contributed by atoms with Crippen LogP contribution in [0, 0.1) is 6.92 Å². The Hall–Kier alpha value is -2.77. The van der Waals surface area contributed by atoms with Crippen LogP contribution in [0.15, 0.2) is 22.7 Å². The highest BCUT2D eigenvalue weighted by atomic mass is 19.1. The number of alkyl halides is 1. The van der Waals surface area contributed by atoms with E-state index in [0.717, 1.165) is 5.56 Å². The van der Waals surface area contributed by atoms with E-state index in [2.05, 4.69) is 20.3 Å². The Balaban J connectivity index is 2.12. The molecule has 2 amide bonds. The first kappa shape index (κ1) is 15.6. The fraction of sp³-hybridized carbons (Fsp3) is 0.286. The van der Waals surface area contributed by atoms with E-state index in [1.807, 2.05) is 6.92 Å². The van der Waals surface area contributed by atoms with Crippen molar-refractivity contribution in [3.63, 3.8) is 0 Å². The molecule has 1 aromatic carbocycles. The van der Waals surface area contributed by atoms with Crippen molar-refractivity contribution in [2.24, 2.45) is 0 Å². The lowest BCUT2D eigenvalue weighted by molar-refractivity contribution is 0.261. The quantitative estimate of drug-likeness (QED) is 0.886. The van der Waals surface area contributed by atoms with E-state index in [0.29, 0.717) is 17.2 Å². The summed E-state index contributed by atoms with van der Waals surface area (Å²) in [6.45, 7) is 1.05. The van der Waals surface area contributed by atoms with Crippen LogP contribution in [0.4, 0.5) is 20.7 Å². The van der Waals surface area contributed by atoms with Crippen LogP contribution in [0.1, 0.15) is 11.3 Å². The summed E-state index contributed by atoms with van der Waals surface area (Å²) in [6.07, 6.45) is 0. The lowest BCUT2D eigenvalue weighted by atomic mass is 10.2. The second-order valence-corrected chi connectivity index (χ2v) is 4.41. The monoisotopic (exact) mass is 309 g/mol. The summed E-state index contributed by atoms with van der Waals surface area (Å²) < 4.78 is 27.4. The normalized spacial score (nSPS) is 10.2. The number of anilines is 2. The standard InChI is InChI=1S/C14H16FN3O4/c1-8-4-10(12(21-3)6-11(8)20-2)16-14(19)17-13-5-9(7-15)22-18-13/h4-6H,7H2,1-3H3,(H2,16,17,18,19). The SMILES string of the molecule is COc1cc(OC)c(NC(=O)Nc2cc(CF)on2)cc1C. The molecule has 0 bridgehead atoms. The number of hydrogen-bond acceptors (Lipinski definition) is 5. The Morgan fingerprint density at radius 2 is 1.95 bits per heavy atom. The molecule has 1 aromatic heterocycles. The number of rotatable bonds is 5. The van der Waals surface area contributed by atoms with Crippen LogP contribution < -0.4 is 20.1 Å². The number of aryl methyl sites for hydroxylation is 1. The number of amides is 2. The zero-order valence-electron chi connectivity index (χ0n) is 12.4. The second kappa shape index (κ2) is 6.79. The number of carbonyl (C=O) groups is 1. The fourth-order valence-corrected chi connectivity index (χ4v) is 1.86. The molecule has 0 saturated carbocycles. The van der Waals surface area contributed by atoms with E-state index >= 15 is 0 Å². The third kappa shape index (κ3) is 3.46. The van der Waals surface area contributed by atoms with Gasteiger partial charge in [-0.3, -0.25) is 5.32 Å². The highest BCUT2D eigenvalue weighted by molar-refractivity contribution is 6.00. The Morgan fingerprint density at radius 3 is 2.55 bits per heavy atom. The molecule has 2 rings (SSSR count). The number of methoxy groups -OCH3 is 2. The molecular formula is C14H16FN3O4. The second-order valence-electron chi connectivity index (χ2n) is 4.41. The molecule has 0 aliphatic rings. The zero-order valence-corrected chi connectivity index (χ0v) is 12.4. The summed E-state index contributed by atoms with van der Waals surface area (Å²) >= 11 is 0. The first-order valence-electron chi connectivity index (χ1n) is 6.39. The summed E-state index contributed by atoms with van der Waals surface area (Å²) in [5.74, 6) is 1.25. The Morgan fingerprint density at radius 1 is 1.23 bits per heavy atom. The minimum absolute atomic E-state index is 0.0353. The van der Waals surface area contributed by atoms with Gasteiger partial charge in [0.1, 0.15) is 11.5 Å². The van der Waals surface area contributed by atoms with Gasteiger partial charge in [-0.2, -0.15) is 0 Å². The third-order valence-corrected chi connectivity index (χ3v) is 2.90. The molecule has 0 fully saturated rings. The van der Waals surface area contributed by atoms with Crippen molar-refractivity contribution in [1.82, 2.24) is 5.16 Å². The first-order valence-corrected chi connectivity index (χ1v) is 6.39. The summed E-state index contributed by atoms with van der Waals surface area (Å²) in [7, 11) is 3.03. The van der Waals surface area contributed by atoms with Gasteiger partial charge < -0.3 is 19.3 Å². The number of benzene rings is 1. The molecule has 0 aliphatic carbocycles. The van der Waals surface area contributed by atoms with E-state index < -0.39 is 12.7 Å². The van der Waals surface area contributed by atoms with Crippen LogP contribution in [0.25, 0.3) is 0 Å². The highest BCUT2D eigenvalue weighted by Crippen LogP contribution is 2.32. The van der Waals surface area contributed by atoms with Gasteiger partial charge in [0.15, 0.2) is 18.3 Å². The van der Waals surface area contributed by atoms with Gasteiger partial charge in [-0.25, -0.2) is 9.18 Å². The van der Waals surface area contributed by atoms with Crippen LogP contribution in [-0.2, 0) is 6.67 Å². The lowest BCUT2D eigenvalue weighted by Gasteiger charge is -2.13. The molecule has 0 unspecified atom stereocenters. The molecular weight excluding hydrogens is 293 g/mol. The van der Waals surface area contributed by atoms with Crippen molar-refractivity contribution >= 4 is 17.5 Å². The molecule has 0 spiro atoms. The topological polar surface area (TPSA) is 85.6 Å². The van der Waals surface area contributed by atoms with Crippen molar-refractivity contribution in [2.75, 3.05) is 24.9 Å². The Bertz CT molecular complexity index is 672. The van der Waals surface area contributed by atoms with E-state index in [4.69, 9.17) is 9.47 Å². The van der Waals surface area contributed by atoms with Gasteiger partial charge in [0.25, 0.3) is 0 Å². The van der Waals surface area contributed by atoms with Crippen molar-refractivity contribution in [3.8, 4) is 11.5 Å². The average Bonchev–Trinajstić information content (AvgIpc) is 2.95. The van der Waals surface area contributed by atoms with Gasteiger partial charge in [0.05, 0.1) is 19.9 Å². The predicted octanol–water partition coefficient (Wildman–Crippen LogP) is 3.11. The number of nitrogens with one attached hydrogen (secondary N) is 2. The number of hydrogen-bond donors (Lipinski definition) is 2. The molecule has 8 heteroatoms. The van der Waals surface area contributed by atoms with Crippen LogP contribution in [0.3, 0.4) is 0 Å². The van der Waals surface area contributed by atoms with Crippen molar-refractivity contribution in [2.45, 2.75) is 13.6 Å². The number of carbonyl (C=O) groups excluding carboxylic acids is 1.